The summed E-state index contributed by atoms with van der Waals surface area (Å²) in [7, 11) is 0. The van der Waals surface area contributed by atoms with E-state index >= 15 is 0 Å². The van der Waals surface area contributed by atoms with Crippen LogP contribution in [0.2, 0.25) is 0 Å². The van der Waals surface area contributed by atoms with Gasteiger partial charge < -0.3 is 14.2 Å². The molecular formula is C57H112O5. The molecule has 0 aliphatic carbocycles. The molecule has 0 amide bonds. The number of hydrogen-bond donors (Lipinski definition) is 0. The zero-order valence-electron chi connectivity index (χ0n) is 42.7. The third kappa shape index (κ3) is 51.5. The van der Waals surface area contributed by atoms with E-state index in [0.717, 1.165) is 32.1 Å². The Bertz CT molecular complexity index is 860. The van der Waals surface area contributed by atoms with Gasteiger partial charge in [-0.3, -0.25) is 9.59 Å². The van der Waals surface area contributed by atoms with Crippen LogP contribution in [0.15, 0.2) is 0 Å². The summed E-state index contributed by atoms with van der Waals surface area (Å²) < 4.78 is 17.5. The summed E-state index contributed by atoms with van der Waals surface area (Å²) >= 11 is 0. The molecule has 0 aromatic heterocycles. The summed E-state index contributed by atoms with van der Waals surface area (Å²) in [5.41, 5.74) is 0. The van der Waals surface area contributed by atoms with Crippen molar-refractivity contribution in [3.63, 3.8) is 0 Å². The molecule has 5 nitrogen and oxygen atoms in total. The van der Waals surface area contributed by atoms with Gasteiger partial charge in [0, 0.05) is 19.4 Å². The van der Waals surface area contributed by atoms with E-state index in [0.29, 0.717) is 26.1 Å². The molecule has 0 saturated carbocycles. The molecule has 1 atom stereocenters. The number of rotatable bonds is 54. The third-order valence-corrected chi connectivity index (χ3v) is 13.1. The smallest absolute Gasteiger partial charge is 0.306 e. The minimum atomic E-state index is -0.523. The SMILES string of the molecule is CCCCCCCCCCCCCCCCCCCCOCC(COC(=O)CCCCCCCCCCCCCCCCCCC)OC(=O)CCCCCCCCCCCCC. The fourth-order valence-corrected chi connectivity index (χ4v) is 8.87. The zero-order chi connectivity index (χ0) is 44.9. The van der Waals surface area contributed by atoms with E-state index in [-0.39, 0.29) is 18.5 Å². The van der Waals surface area contributed by atoms with Crippen molar-refractivity contribution in [3.8, 4) is 0 Å². The van der Waals surface area contributed by atoms with Gasteiger partial charge in [-0.15, -0.1) is 0 Å². The first-order valence-electron chi connectivity index (χ1n) is 28.6. The standard InChI is InChI=1S/C57H112O5/c1-4-7-10-13-16-19-22-24-26-28-30-32-34-37-40-43-46-49-52-60-53-55(62-57(59)51-48-45-42-39-35-21-18-15-12-9-6-3)54-61-56(58)50-47-44-41-38-36-33-31-29-27-25-23-20-17-14-11-8-5-2/h55H,4-54H2,1-3H3. The first-order valence-corrected chi connectivity index (χ1v) is 28.6. The van der Waals surface area contributed by atoms with E-state index in [1.54, 1.807) is 0 Å². The topological polar surface area (TPSA) is 61.8 Å². The normalized spacial score (nSPS) is 12.0. The fraction of sp³-hybridized carbons (Fsp3) is 0.965. The fourth-order valence-electron chi connectivity index (χ4n) is 8.87. The Labute approximate surface area is 389 Å². The second-order valence-electron chi connectivity index (χ2n) is 19.6. The largest absolute Gasteiger partial charge is 0.462 e. The van der Waals surface area contributed by atoms with Crippen LogP contribution in [-0.4, -0.2) is 37.9 Å². The summed E-state index contributed by atoms with van der Waals surface area (Å²) in [6, 6.07) is 0. The van der Waals surface area contributed by atoms with Gasteiger partial charge in [0.2, 0.25) is 0 Å². The molecular weight excluding hydrogens is 765 g/mol. The summed E-state index contributed by atoms with van der Waals surface area (Å²) in [4.78, 5) is 25.4. The van der Waals surface area contributed by atoms with Crippen LogP contribution in [-0.2, 0) is 23.8 Å². The lowest BCUT2D eigenvalue weighted by Gasteiger charge is -2.18. The van der Waals surface area contributed by atoms with Gasteiger partial charge in [-0.05, 0) is 19.3 Å². The number of hydrogen-bond acceptors (Lipinski definition) is 5. The van der Waals surface area contributed by atoms with Crippen LogP contribution < -0.4 is 0 Å². The van der Waals surface area contributed by atoms with Crippen molar-refractivity contribution >= 4 is 11.9 Å². The van der Waals surface area contributed by atoms with E-state index in [2.05, 4.69) is 20.8 Å². The zero-order valence-corrected chi connectivity index (χ0v) is 42.7. The molecule has 0 fully saturated rings. The van der Waals surface area contributed by atoms with Gasteiger partial charge in [0.15, 0.2) is 6.10 Å². The third-order valence-electron chi connectivity index (χ3n) is 13.1. The van der Waals surface area contributed by atoms with Crippen molar-refractivity contribution < 1.29 is 23.8 Å². The van der Waals surface area contributed by atoms with Crippen LogP contribution in [0.5, 0.6) is 0 Å². The summed E-state index contributed by atoms with van der Waals surface area (Å²) in [5, 5.41) is 0. The summed E-state index contributed by atoms with van der Waals surface area (Å²) in [6.07, 6.45) is 61.2. The highest BCUT2D eigenvalue weighted by Gasteiger charge is 2.17. The number of unbranched alkanes of at least 4 members (excludes halogenated alkanes) is 43. The molecule has 1 unspecified atom stereocenters. The molecule has 0 N–H and O–H groups in total. The molecule has 0 saturated heterocycles. The molecule has 5 heteroatoms. The van der Waals surface area contributed by atoms with Crippen LogP contribution in [0, 0.1) is 0 Å². The van der Waals surface area contributed by atoms with Gasteiger partial charge in [0.25, 0.3) is 0 Å². The van der Waals surface area contributed by atoms with Crippen molar-refractivity contribution in [1.29, 1.82) is 0 Å². The van der Waals surface area contributed by atoms with Crippen LogP contribution in [0.4, 0.5) is 0 Å². The van der Waals surface area contributed by atoms with E-state index in [1.807, 2.05) is 0 Å². The van der Waals surface area contributed by atoms with E-state index in [4.69, 9.17) is 14.2 Å². The Morgan fingerprint density at radius 2 is 0.532 bits per heavy atom. The Morgan fingerprint density at radius 1 is 0.290 bits per heavy atom. The van der Waals surface area contributed by atoms with E-state index in [1.165, 1.54) is 263 Å². The predicted octanol–water partition coefficient (Wildman–Crippen LogP) is 19.2. The molecule has 0 rings (SSSR count). The van der Waals surface area contributed by atoms with Gasteiger partial charge in [0.1, 0.15) is 6.61 Å². The Hall–Kier alpha value is -1.10. The number of ether oxygens (including phenoxy) is 3. The molecule has 370 valence electrons. The van der Waals surface area contributed by atoms with Gasteiger partial charge in [0.05, 0.1) is 6.61 Å². The average molecular weight is 878 g/mol. The van der Waals surface area contributed by atoms with Crippen molar-refractivity contribution in [3.05, 3.63) is 0 Å². The average Bonchev–Trinajstić information content (AvgIpc) is 3.27. The second kappa shape index (κ2) is 54.2. The van der Waals surface area contributed by atoms with Crippen LogP contribution in [0.1, 0.15) is 329 Å². The highest BCUT2D eigenvalue weighted by molar-refractivity contribution is 5.70. The van der Waals surface area contributed by atoms with Gasteiger partial charge >= 0.3 is 11.9 Å². The molecule has 0 bridgehead atoms. The molecule has 0 radical (unpaired) electrons. The minimum absolute atomic E-state index is 0.0981. The quantitative estimate of drug-likeness (QED) is 0.0450. The van der Waals surface area contributed by atoms with E-state index in [9.17, 15) is 9.59 Å². The van der Waals surface area contributed by atoms with Crippen LogP contribution >= 0.6 is 0 Å². The molecule has 0 aliphatic heterocycles. The monoisotopic (exact) mass is 877 g/mol. The maximum Gasteiger partial charge on any atom is 0.306 e. The summed E-state index contributed by atoms with van der Waals surface area (Å²) in [6.45, 7) is 7.92. The predicted molar refractivity (Wildman–Crippen MR) is 270 cm³/mol. The van der Waals surface area contributed by atoms with Gasteiger partial charge in [-0.2, -0.15) is 0 Å². The Morgan fingerprint density at radius 3 is 0.823 bits per heavy atom. The van der Waals surface area contributed by atoms with Gasteiger partial charge in [-0.1, -0.05) is 297 Å². The van der Waals surface area contributed by atoms with Crippen LogP contribution in [0.25, 0.3) is 0 Å². The molecule has 0 aliphatic rings. The molecule has 0 aromatic rings. The van der Waals surface area contributed by atoms with Crippen LogP contribution in [0.3, 0.4) is 0 Å². The lowest BCUT2D eigenvalue weighted by molar-refractivity contribution is -0.163. The van der Waals surface area contributed by atoms with Crippen molar-refractivity contribution in [2.24, 2.45) is 0 Å². The molecule has 0 spiro atoms. The first-order chi connectivity index (χ1) is 30.6. The number of carbonyl (C=O) groups excluding carboxylic acids is 2. The molecule has 0 aromatic carbocycles. The summed E-state index contributed by atoms with van der Waals surface area (Å²) in [5.74, 6) is -0.368. The number of carbonyl (C=O) groups is 2. The maximum absolute atomic E-state index is 12.8. The Balaban J connectivity index is 4.12. The molecule has 62 heavy (non-hydrogen) atoms. The van der Waals surface area contributed by atoms with E-state index < -0.39 is 6.10 Å². The second-order valence-corrected chi connectivity index (χ2v) is 19.6. The highest BCUT2D eigenvalue weighted by Crippen LogP contribution is 2.17. The lowest BCUT2D eigenvalue weighted by atomic mass is 10.0. The minimum Gasteiger partial charge on any atom is -0.462 e. The van der Waals surface area contributed by atoms with Crippen molar-refractivity contribution in [2.75, 3.05) is 19.8 Å². The van der Waals surface area contributed by atoms with Crippen molar-refractivity contribution in [2.45, 2.75) is 335 Å². The highest BCUT2D eigenvalue weighted by atomic mass is 16.6. The maximum atomic E-state index is 12.8. The Kier molecular flexibility index (Phi) is 53.3. The van der Waals surface area contributed by atoms with Gasteiger partial charge in [-0.25, -0.2) is 0 Å². The lowest BCUT2D eigenvalue weighted by Crippen LogP contribution is -2.30. The first kappa shape index (κ1) is 60.9. The number of esters is 2. The molecule has 0 heterocycles. The van der Waals surface area contributed by atoms with Crippen molar-refractivity contribution in [1.82, 2.24) is 0 Å².